The van der Waals surface area contributed by atoms with Gasteiger partial charge >= 0.3 is 0 Å². The minimum atomic E-state index is 0.174. The number of nitrogens with zero attached hydrogens (tertiary/aromatic N) is 1. The minimum Gasteiger partial charge on any atom is -0.328 e. The second-order valence-corrected chi connectivity index (χ2v) is 5.23. The summed E-state index contributed by atoms with van der Waals surface area (Å²) in [6.45, 7) is 4.17. The highest BCUT2D eigenvalue weighted by Crippen LogP contribution is 2.24. The Labute approximate surface area is 107 Å². The lowest BCUT2D eigenvalue weighted by atomic mass is 10.1. The van der Waals surface area contributed by atoms with Gasteiger partial charge in [0, 0.05) is 23.4 Å². The fourth-order valence-corrected chi connectivity index (χ4v) is 2.58. The largest absolute Gasteiger partial charge is 0.328 e. The van der Waals surface area contributed by atoms with Crippen LogP contribution in [-0.4, -0.2) is 11.0 Å². The molecule has 0 aliphatic rings. The molecule has 0 radical (unpaired) electrons. The van der Waals surface area contributed by atoms with Crippen LogP contribution in [0.1, 0.15) is 25.1 Å². The zero-order valence-corrected chi connectivity index (χ0v) is 11.1. The summed E-state index contributed by atoms with van der Waals surface area (Å²) in [6.07, 6.45) is 1.93. The average Bonchev–Trinajstić information content (AvgIpc) is 2.77. The first kappa shape index (κ1) is 12.3. The van der Waals surface area contributed by atoms with Gasteiger partial charge in [-0.15, -0.1) is 11.3 Å². The average molecular weight is 246 g/mol. The third kappa shape index (κ3) is 3.14. The van der Waals surface area contributed by atoms with Crippen molar-refractivity contribution < 1.29 is 0 Å². The summed E-state index contributed by atoms with van der Waals surface area (Å²) < 4.78 is 0. The van der Waals surface area contributed by atoms with E-state index < -0.39 is 0 Å². The van der Waals surface area contributed by atoms with Crippen molar-refractivity contribution in [1.29, 1.82) is 0 Å². The van der Waals surface area contributed by atoms with E-state index in [-0.39, 0.29) is 6.04 Å². The molecule has 17 heavy (non-hydrogen) atoms. The lowest BCUT2D eigenvalue weighted by Crippen LogP contribution is -2.17. The number of hydrogen-bond donors (Lipinski definition) is 1. The number of nitrogens with two attached hydrogens (primary N) is 1. The lowest BCUT2D eigenvalue weighted by Gasteiger charge is -2.00. The van der Waals surface area contributed by atoms with Gasteiger partial charge < -0.3 is 5.73 Å². The van der Waals surface area contributed by atoms with Gasteiger partial charge in [0.05, 0.1) is 5.69 Å². The van der Waals surface area contributed by atoms with Crippen LogP contribution in [0.4, 0.5) is 0 Å². The van der Waals surface area contributed by atoms with Gasteiger partial charge in [0.15, 0.2) is 0 Å². The highest BCUT2D eigenvalue weighted by atomic mass is 32.1. The van der Waals surface area contributed by atoms with E-state index >= 15 is 0 Å². The molecule has 2 aromatic rings. The molecule has 1 unspecified atom stereocenters. The molecule has 0 saturated carbocycles. The first-order valence-corrected chi connectivity index (χ1v) is 6.86. The van der Waals surface area contributed by atoms with Gasteiger partial charge in [-0.3, -0.25) is 0 Å². The Hall–Kier alpha value is -1.19. The minimum absolute atomic E-state index is 0.174. The standard InChI is InChI=1S/C14H18N2S/c1-3-11-4-6-12(7-5-11)14-16-13(9-17-14)8-10(2)15/h4-7,9-10H,3,8,15H2,1-2H3. The van der Waals surface area contributed by atoms with Gasteiger partial charge in [0.1, 0.15) is 5.01 Å². The first-order chi connectivity index (χ1) is 8.19. The first-order valence-electron chi connectivity index (χ1n) is 5.98. The number of aryl methyl sites for hydroxylation is 1. The van der Waals surface area contributed by atoms with E-state index in [1.807, 2.05) is 6.92 Å². The van der Waals surface area contributed by atoms with Crippen LogP contribution in [0.15, 0.2) is 29.6 Å². The molecule has 90 valence electrons. The number of rotatable bonds is 4. The van der Waals surface area contributed by atoms with Crippen LogP contribution >= 0.6 is 11.3 Å². The van der Waals surface area contributed by atoms with Crippen molar-refractivity contribution in [3.05, 3.63) is 40.9 Å². The molecule has 0 fully saturated rings. The second-order valence-electron chi connectivity index (χ2n) is 4.38. The van der Waals surface area contributed by atoms with Crippen LogP contribution in [0, 0.1) is 0 Å². The third-order valence-corrected chi connectivity index (χ3v) is 3.63. The van der Waals surface area contributed by atoms with Crippen LogP contribution in [0.2, 0.25) is 0 Å². The smallest absolute Gasteiger partial charge is 0.123 e. The Morgan fingerprint density at radius 2 is 2.00 bits per heavy atom. The summed E-state index contributed by atoms with van der Waals surface area (Å²) in [5.41, 5.74) is 9.43. The fraction of sp³-hybridized carbons (Fsp3) is 0.357. The van der Waals surface area contributed by atoms with Crippen LogP contribution in [0.3, 0.4) is 0 Å². The number of hydrogen-bond acceptors (Lipinski definition) is 3. The maximum Gasteiger partial charge on any atom is 0.123 e. The molecule has 0 bridgehead atoms. The molecule has 0 spiro atoms. The van der Waals surface area contributed by atoms with Gasteiger partial charge in [-0.2, -0.15) is 0 Å². The Balaban J connectivity index is 2.18. The van der Waals surface area contributed by atoms with Crippen LogP contribution < -0.4 is 5.73 Å². The topological polar surface area (TPSA) is 38.9 Å². The fourth-order valence-electron chi connectivity index (χ4n) is 1.75. The summed E-state index contributed by atoms with van der Waals surface area (Å²) in [6, 6.07) is 8.80. The molecule has 3 heteroatoms. The molecule has 0 aliphatic heterocycles. The van der Waals surface area contributed by atoms with Crippen LogP contribution in [0.25, 0.3) is 10.6 Å². The van der Waals surface area contributed by atoms with Crippen molar-refractivity contribution in [2.45, 2.75) is 32.7 Å². The summed E-state index contributed by atoms with van der Waals surface area (Å²) in [7, 11) is 0. The molecule has 1 aromatic heterocycles. The molecule has 1 atom stereocenters. The normalized spacial score (nSPS) is 12.6. The lowest BCUT2D eigenvalue weighted by molar-refractivity contribution is 0.726. The zero-order valence-electron chi connectivity index (χ0n) is 10.3. The molecule has 2 nitrogen and oxygen atoms in total. The Morgan fingerprint density at radius 1 is 1.29 bits per heavy atom. The monoisotopic (exact) mass is 246 g/mol. The number of aromatic nitrogens is 1. The molecule has 2 N–H and O–H groups in total. The SMILES string of the molecule is CCc1ccc(-c2nc(CC(C)N)cs2)cc1. The summed E-state index contributed by atoms with van der Waals surface area (Å²) in [5, 5.41) is 3.19. The predicted molar refractivity (Wildman–Crippen MR) is 74.3 cm³/mol. The third-order valence-electron chi connectivity index (χ3n) is 2.69. The second kappa shape index (κ2) is 5.43. The van der Waals surface area contributed by atoms with Gasteiger partial charge in [0.25, 0.3) is 0 Å². The zero-order chi connectivity index (χ0) is 12.3. The maximum atomic E-state index is 5.77. The van der Waals surface area contributed by atoms with E-state index in [0.29, 0.717) is 0 Å². The summed E-state index contributed by atoms with van der Waals surface area (Å²) >= 11 is 1.69. The molecule has 0 amide bonds. The number of thiazole rings is 1. The van der Waals surface area contributed by atoms with Crippen LogP contribution in [0.5, 0.6) is 0 Å². The van der Waals surface area contributed by atoms with Gasteiger partial charge in [0.2, 0.25) is 0 Å². The highest BCUT2D eigenvalue weighted by Gasteiger charge is 2.06. The number of benzene rings is 1. The Morgan fingerprint density at radius 3 is 2.59 bits per heavy atom. The van der Waals surface area contributed by atoms with Gasteiger partial charge in [-0.25, -0.2) is 4.98 Å². The van der Waals surface area contributed by atoms with Crippen molar-refractivity contribution >= 4 is 11.3 Å². The predicted octanol–water partition coefficient (Wildman–Crippen LogP) is 3.26. The van der Waals surface area contributed by atoms with Crippen molar-refractivity contribution in [2.75, 3.05) is 0 Å². The van der Waals surface area contributed by atoms with Crippen LogP contribution in [-0.2, 0) is 12.8 Å². The molecule has 0 aliphatic carbocycles. The molecular formula is C14H18N2S. The van der Waals surface area contributed by atoms with Crippen molar-refractivity contribution in [3.63, 3.8) is 0 Å². The highest BCUT2D eigenvalue weighted by molar-refractivity contribution is 7.13. The summed E-state index contributed by atoms with van der Waals surface area (Å²) in [5.74, 6) is 0. The van der Waals surface area contributed by atoms with Crippen molar-refractivity contribution in [1.82, 2.24) is 4.98 Å². The van der Waals surface area contributed by atoms with E-state index in [4.69, 9.17) is 5.73 Å². The molecular weight excluding hydrogens is 228 g/mol. The van der Waals surface area contributed by atoms with E-state index in [1.54, 1.807) is 11.3 Å². The molecule has 1 aromatic carbocycles. The van der Waals surface area contributed by atoms with Gasteiger partial charge in [-0.1, -0.05) is 31.2 Å². The Kier molecular flexibility index (Phi) is 3.92. The molecule has 0 saturated heterocycles. The van der Waals surface area contributed by atoms with E-state index in [2.05, 4.69) is 41.6 Å². The maximum absolute atomic E-state index is 5.77. The van der Waals surface area contributed by atoms with E-state index in [0.717, 1.165) is 23.5 Å². The molecule has 2 rings (SSSR count). The van der Waals surface area contributed by atoms with Crippen molar-refractivity contribution in [3.8, 4) is 10.6 Å². The molecule has 1 heterocycles. The summed E-state index contributed by atoms with van der Waals surface area (Å²) in [4.78, 5) is 4.61. The van der Waals surface area contributed by atoms with E-state index in [1.165, 1.54) is 11.1 Å². The Bertz CT molecular complexity index is 471. The van der Waals surface area contributed by atoms with E-state index in [9.17, 15) is 0 Å². The van der Waals surface area contributed by atoms with Gasteiger partial charge in [-0.05, 0) is 18.9 Å². The quantitative estimate of drug-likeness (QED) is 0.899. The van der Waals surface area contributed by atoms with Crippen molar-refractivity contribution in [2.24, 2.45) is 5.73 Å².